The minimum Gasteiger partial charge on any atom is -0.495 e. The van der Waals surface area contributed by atoms with E-state index in [1.807, 2.05) is 24.3 Å². The molecule has 2 aromatic carbocycles. The van der Waals surface area contributed by atoms with E-state index < -0.39 is 5.97 Å². The first kappa shape index (κ1) is 16.8. The lowest BCUT2D eigenvalue weighted by Gasteiger charge is -2.29. The summed E-state index contributed by atoms with van der Waals surface area (Å²) in [5, 5.41) is 0. The summed E-state index contributed by atoms with van der Waals surface area (Å²) in [6.07, 6.45) is 1.84. The second-order valence-electron chi connectivity index (χ2n) is 5.81. The molecular formula is C19H20N2O4. The Hall–Kier alpha value is -3.02. The van der Waals surface area contributed by atoms with E-state index in [1.165, 1.54) is 13.2 Å². The Morgan fingerprint density at radius 3 is 2.76 bits per heavy atom. The van der Waals surface area contributed by atoms with E-state index in [9.17, 15) is 9.59 Å². The smallest absolute Gasteiger partial charge is 0.338 e. The van der Waals surface area contributed by atoms with Crippen molar-refractivity contribution in [3.05, 3.63) is 53.6 Å². The Kier molecular flexibility index (Phi) is 4.88. The number of hydrogen-bond acceptors (Lipinski definition) is 5. The fourth-order valence-corrected chi connectivity index (χ4v) is 2.94. The number of hydrogen-bond donors (Lipinski definition) is 1. The van der Waals surface area contributed by atoms with Crippen LogP contribution in [0.4, 0.5) is 11.4 Å². The second kappa shape index (κ2) is 7.25. The number of fused-ring (bicyclic) bond motifs is 1. The van der Waals surface area contributed by atoms with E-state index in [-0.39, 0.29) is 18.1 Å². The first-order chi connectivity index (χ1) is 12.1. The number of amides is 1. The van der Waals surface area contributed by atoms with Gasteiger partial charge in [0.25, 0.3) is 5.91 Å². The number of nitrogens with two attached hydrogens (primary N) is 1. The van der Waals surface area contributed by atoms with E-state index in [0.717, 1.165) is 24.1 Å². The van der Waals surface area contributed by atoms with Gasteiger partial charge in [0.1, 0.15) is 5.75 Å². The summed E-state index contributed by atoms with van der Waals surface area (Å²) < 4.78 is 10.2. The number of rotatable bonds is 4. The first-order valence-electron chi connectivity index (χ1n) is 8.09. The highest BCUT2D eigenvalue weighted by Crippen LogP contribution is 2.27. The van der Waals surface area contributed by atoms with Gasteiger partial charge in [-0.15, -0.1) is 0 Å². The Labute approximate surface area is 146 Å². The number of nitrogen functional groups attached to an aromatic ring is 1. The number of ether oxygens (including phenoxy) is 2. The predicted molar refractivity (Wildman–Crippen MR) is 94.8 cm³/mol. The van der Waals surface area contributed by atoms with Crippen molar-refractivity contribution in [2.45, 2.75) is 12.8 Å². The lowest BCUT2D eigenvalue weighted by Crippen LogP contribution is -2.38. The van der Waals surface area contributed by atoms with Crippen LogP contribution in [0.2, 0.25) is 0 Å². The van der Waals surface area contributed by atoms with Crippen LogP contribution in [0.25, 0.3) is 0 Å². The summed E-state index contributed by atoms with van der Waals surface area (Å²) in [6.45, 7) is 0.321. The van der Waals surface area contributed by atoms with Crippen LogP contribution in [-0.2, 0) is 16.0 Å². The molecule has 6 nitrogen and oxygen atoms in total. The largest absolute Gasteiger partial charge is 0.495 e. The average molecular weight is 340 g/mol. The van der Waals surface area contributed by atoms with Crippen LogP contribution in [0, 0.1) is 0 Å². The van der Waals surface area contributed by atoms with Crippen LogP contribution in [0.3, 0.4) is 0 Å². The van der Waals surface area contributed by atoms with Gasteiger partial charge in [-0.2, -0.15) is 0 Å². The van der Waals surface area contributed by atoms with Crippen molar-refractivity contribution >= 4 is 23.3 Å². The van der Waals surface area contributed by atoms with Crippen molar-refractivity contribution in [2.24, 2.45) is 0 Å². The number of nitrogens with zero attached hydrogens (tertiary/aromatic N) is 1. The molecule has 2 N–H and O–H groups in total. The van der Waals surface area contributed by atoms with Gasteiger partial charge in [-0.05, 0) is 42.7 Å². The summed E-state index contributed by atoms with van der Waals surface area (Å²) in [4.78, 5) is 26.3. The minimum absolute atomic E-state index is 0.234. The van der Waals surface area contributed by atoms with Crippen molar-refractivity contribution in [2.75, 3.05) is 30.9 Å². The summed E-state index contributed by atoms with van der Waals surface area (Å²) in [7, 11) is 1.50. The molecule has 130 valence electrons. The summed E-state index contributed by atoms with van der Waals surface area (Å²) in [5.74, 6) is -0.340. The maximum atomic E-state index is 12.5. The zero-order valence-corrected chi connectivity index (χ0v) is 14.0. The number of carbonyl (C=O) groups is 2. The molecule has 0 atom stereocenters. The highest BCUT2D eigenvalue weighted by atomic mass is 16.5. The number of para-hydroxylation sites is 1. The van der Waals surface area contributed by atoms with Crippen LogP contribution < -0.4 is 15.4 Å². The fourth-order valence-electron chi connectivity index (χ4n) is 2.94. The molecule has 0 radical (unpaired) electrons. The number of methoxy groups -OCH3 is 1. The fraction of sp³-hybridized carbons (Fsp3) is 0.263. The van der Waals surface area contributed by atoms with Gasteiger partial charge in [-0.25, -0.2) is 4.79 Å². The second-order valence-corrected chi connectivity index (χ2v) is 5.81. The maximum absolute atomic E-state index is 12.5. The van der Waals surface area contributed by atoms with Crippen LogP contribution in [-0.4, -0.2) is 32.1 Å². The monoisotopic (exact) mass is 340 g/mol. The van der Waals surface area contributed by atoms with Gasteiger partial charge >= 0.3 is 5.97 Å². The van der Waals surface area contributed by atoms with E-state index in [1.54, 1.807) is 17.0 Å². The minimum atomic E-state index is -0.590. The molecule has 1 aliphatic rings. The molecule has 1 amide bonds. The van der Waals surface area contributed by atoms with Crippen molar-refractivity contribution in [3.8, 4) is 5.75 Å². The topological polar surface area (TPSA) is 81.9 Å². The van der Waals surface area contributed by atoms with Gasteiger partial charge in [-0.1, -0.05) is 18.2 Å². The normalized spacial score (nSPS) is 13.1. The SMILES string of the molecule is COc1ccc(C(=O)OCC(=O)N2CCCc3ccccc32)cc1N. The van der Waals surface area contributed by atoms with Gasteiger partial charge < -0.3 is 20.1 Å². The van der Waals surface area contributed by atoms with Gasteiger partial charge in [0, 0.05) is 12.2 Å². The molecule has 1 heterocycles. The van der Waals surface area contributed by atoms with Crippen LogP contribution in [0.5, 0.6) is 5.75 Å². The zero-order valence-electron chi connectivity index (χ0n) is 14.0. The zero-order chi connectivity index (χ0) is 17.8. The molecule has 0 aromatic heterocycles. The lowest BCUT2D eigenvalue weighted by molar-refractivity contribution is -0.121. The number of aryl methyl sites for hydroxylation is 1. The van der Waals surface area contributed by atoms with E-state index in [0.29, 0.717) is 18.0 Å². The van der Waals surface area contributed by atoms with Crippen molar-refractivity contribution in [1.29, 1.82) is 0 Å². The van der Waals surface area contributed by atoms with Crippen LogP contribution >= 0.6 is 0 Å². The molecule has 0 spiro atoms. The average Bonchev–Trinajstić information content (AvgIpc) is 2.65. The Bertz CT molecular complexity index is 804. The first-order valence-corrected chi connectivity index (χ1v) is 8.09. The molecule has 0 saturated heterocycles. The Morgan fingerprint density at radius 1 is 1.20 bits per heavy atom. The number of benzene rings is 2. The standard InChI is InChI=1S/C19H20N2O4/c1-24-17-9-8-14(11-15(17)20)19(23)25-12-18(22)21-10-4-6-13-5-2-3-7-16(13)21/h2-3,5,7-9,11H,4,6,10,12,20H2,1H3. The van der Waals surface area contributed by atoms with Crippen molar-refractivity contribution in [1.82, 2.24) is 0 Å². The number of carbonyl (C=O) groups excluding carboxylic acids is 2. The highest BCUT2D eigenvalue weighted by molar-refractivity contribution is 5.98. The summed E-state index contributed by atoms with van der Waals surface area (Å²) >= 11 is 0. The van der Waals surface area contributed by atoms with Gasteiger partial charge in [0.2, 0.25) is 0 Å². The molecule has 0 fully saturated rings. The van der Waals surface area contributed by atoms with Crippen LogP contribution in [0.1, 0.15) is 22.3 Å². The molecule has 6 heteroatoms. The third kappa shape index (κ3) is 3.57. The third-order valence-corrected chi connectivity index (χ3v) is 4.20. The molecule has 0 unspecified atom stereocenters. The molecule has 1 aliphatic heterocycles. The maximum Gasteiger partial charge on any atom is 0.338 e. The molecular weight excluding hydrogens is 320 g/mol. The third-order valence-electron chi connectivity index (χ3n) is 4.20. The quantitative estimate of drug-likeness (QED) is 0.683. The Balaban J connectivity index is 1.65. The number of anilines is 2. The predicted octanol–water partition coefficient (Wildman–Crippen LogP) is 2.41. The van der Waals surface area contributed by atoms with Gasteiger partial charge in [-0.3, -0.25) is 4.79 Å². The van der Waals surface area contributed by atoms with E-state index >= 15 is 0 Å². The van der Waals surface area contributed by atoms with Gasteiger partial charge in [0.05, 0.1) is 18.4 Å². The molecule has 2 aromatic rings. The van der Waals surface area contributed by atoms with Crippen molar-refractivity contribution in [3.63, 3.8) is 0 Å². The summed E-state index contributed by atoms with van der Waals surface area (Å²) in [5.41, 5.74) is 8.44. The Morgan fingerprint density at radius 2 is 2.00 bits per heavy atom. The highest BCUT2D eigenvalue weighted by Gasteiger charge is 2.23. The molecule has 0 saturated carbocycles. The van der Waals surface area contributed by atoms with E-state index in [4.69, 9.17) is 15.2 Å². The van der Waals surface area contributed by atoms with Gasteiger partial charge in [0.15, 0.2) is 6.61 Å². The lowest BCUT2D eigenvalue weighted by atomic mass is 10.0. The summed E-state index contributed by atoms with van der Waals surface area (Å²) in [6, 6.07) is 12.4. The van der Waals surface area contributed by atoms with Crippen LogP contribution in [0.15, 0.2) is 42.5 Å². The molecule has 0 bridgehead atoms. The molecule has 3 rings (SSSR count). The van der Waals surface area contributed by atoms with Crippen molar-refractivity contribution < 1.29 is 19.1 Å². The number of esters is 1. The molecule has 0 aliphatic carbocycles. The van der Waals surface area contributed by atoms with E-state index in [2.05, 4.69) is 0 Å². The molecule has 25 heavy (non-hydrogen) atoms.